The van der Waals surface area contributed by atoms with Crippen molar-refractivity contribution in [3.63, 3.8) is 0 Å². The molecule has 0 radical (unpaired) electrons. The summed E-state index contributed by atoms with van der Waals surface area (Å²) in [6, 6.07) is 15.2. The van der Waals surface area contributed by atoms with Gasteiger partial charge in [0.1, 0.15) is 0 Å². The van der Waals surface area contributed by atoms with E-state index in [9.17, 15) is 0 Å². The zero-order chi connectivity index (χ0) is 16.5. The summed E-state index contributed by atoms with van der Waals surface area (Å²) in [6.45, 7) is 8.31. The minimum atomic E-state index is 1.07. The van der Waals surface area contributed by atoms with Crippen LogP contribution in [0.3, 0.4) is 0 Å². The summed E-state index contributed by atoms with van der Waals surface area (Å²) in [5.74, 6) is 0. The summed E-state index contributed by atoms with van der Waals surface area (Å²) in [6.07, 6.45) is 1.89. The van der Waals surface area contributed by atoms with Crippen LogP contribution in [0.4, 0.5) is 5.69 Å². The molecule has 0 aliphatic carbocycles. The largest absolute Gasteiger partial charge is 0.369 e. The first-order chi connectivity index (χ1) is 11.7. The number of aromatic nitrogens is 1. The van der Waals surface area contributed by atoms with Gasteiger partial charge in [-0.15, -0.1) is 0 Å². The third-order valence-corrected chi connectivity index (χ3v) is 5.57. The summed E-state index contributed by atoms with van der Waals surface area (Å²) in [5, 5.41) is 1.21. The molecule has 0 bridgehead atoms. The number of likely N-dealkylation sites (N-methyl/N-ethyl adjacent to an activating group) is 1. The molecule has 0 atom stereocenters. The van der Waals surface area contributed by atoms with E-state index in [1.54, 1.807) is 11.5 Å². The van der Waals surface area contributed by atoms with Crippen molar-refractivity contribution in [1.29, 1.82) is 0 Å². The highest BCUT2D eigenvalue weighted by Crippen LogP contribution is 2.32. The lowest BCUT2D eigenvalue weighted by molar-refractivity contribution is 0.313. The smallest absolute Gasteiger partial charge is 0.0919 e. The first-order valence-electron chi connectivity index (χ1n) is 8.30. The summed E-state index contributed by atoms with van der Waals surface area (Å²) in [7, 11) is 2.19. The maximum absolute atomic E-state index is 4.68. The predicted molar refractivity (Wildman–Crippen MR) is 105 cm³/mol. The Morgan fingerprint density at radius 2 is 1.79 bits per heavy atom. The number of fused-ring (bicyclic) bond motifs is 1. The molecule has 0 amide bonds. The number of anilines is 1. The molecule has 0 unspecified atom stereocenters. The van der Waals surface area contributed by atoms with Crippen LogP contribution in [0.1, 0.15) is 5.56 Å². The van der Waals surface area contributed by atoms with Crippen LogP contribution in [0.25, 0.3) is 27.4 Å². The lowest BCUT2D eigenvalue weighted by Gasteiger charge is -2.34. The average molecular weight is 335 g/mol. The van der Waals surface area contributed by atoms with Gasteiger partial charge in [0.2, 0.25) is 0 Å². The van der Waals surface area contributed by atoms with E-state index in [1.165, 1.54) is 21.3 Å². The van der Waals surface area contributed by atoms with Gasteiger partial charge in [0, 0.05) is 42.8 Å². The van der Waals surface area contributed by atoms with E-state index in [-0.39, 0.29) is 0 Å². The van der Waals surface area contributed by atoms with Gasteiger partial charge in [0.05, 0.1) is 10.4 Å². The molecule has 0 N–H and O–H groups in total. The SMILES string of the molecule is C=Cc1ccc2snc(-c3ccc(N4CCN(C)CC4)cc3)c2c1. The third-order valence-electron chi connectivity index (χ3n) is 4.74. The predicted octanol–water partition coefficient (Wildman–Crippen LogP) is 4.36. The lowest BCUT2D eigenvalue weighted by Crippen LogP contribution is -2.44. The minimum absolute atomic E-state index is 1.07. The standard InChI is InChI=1S/C20H21N3S/c1-3-15-4-9-19-18(14-15)20(21-24-19)16-5-7-17(8-6-16)23-12-10-22(2)11-13-23/h3-9,14H,1,10-13H2,2H3. The molecule has 4 heteroatoms. The molecule has 3 aromatic rings. The van der Waals surface area contributed by atoms with E-state index < -0.39 is 0 Å². The second-order valence-corrected chi connectivity index (χ2v) is 7.13. The zero-order valence-corrected chi connectivity index (χ0v) is 14.7. The average Bonchev–Trinajstić information content (AvgIpc) is 3.05. The van der Waals surface area contributed by atoms with E-state index in [1.807, 2.05) is 6.08 Å². The van der Waals surface area contributed by atoms with Crippen LogP contribution in [-0.2, 0) is 0 Å². The van der Waals surface area contributed by atoms with Crippen molar-refractivity contribution in [3.8, 4) is 11.3 Å². The van der Waals surface area contributed by atoms with Crippen LogP contribution in [0.2, 0.25) is 0 Å². The Morgan fingerprint density at radius 1 is 1.04 bits per heavy atom. The highest BCUT2D eigenvalue weighted by atomic mass is 32.1. The number of piperazine rings is 1. The summed E-state index contributed by atoms with van der Waals surface area (Å²) in [5.41, 5.74) is 4.69. The molecular weight excluding hydrogens is 314 g/mol. The fourth-order valence-electron chi connectivity index (χ4n) is 3.19. The molecule has 122 valence electrons. The van der Waals surface area contributed by atoms with Gasteiger partial charge in [-0.2, -0.15) is 4.37 Å². The molecule has 0 spiro atoms. The van der Waals surface area contributed by atoms with Gasteiger partial charge in [-0.1, -0.05) is 30.9 Å². The number of hydrogen-bond donors (Lipinski definition) is 0. The van der Waals surface area contributed by atoms with Crippen molar-refractivity contribution in [3.05, 3.63) is 54.6 Å². The van der Waals surface area contributed by atoms with Crippen LogP contribution in [0, 0.1) is 0 Å². The molecule has 1 aromatic heterocycles. The van der Waals surface area contributed by atoms with Crippen molar-refractivity contribution in [2.45, 2.75) is 0 Å². The fourth-order valence-corrected chi connectivity index (χ4v) is 3.96. The third kappa shape index (κ3) is 2.83. The minimum Gasteiger partial charge on any atom is -0.369 e. The maximum atomic E-state index is 4.68. The molecule has 0 saturated carbocycles. The monoisotopic (exact) mass is 335 g/mol. The lowest BCUT2D eigenvalue weighted by atomic mass is 10.1. The quantitative estimate of drug-likeness (QED) is 0.709. The Hall–Kier alpha value is -2.17. The van der Waals surface area contributed by atoms with Crippen molar-refractivity contribution < 1.29 is 0 Å². The molecule has 1 aliphatic heterocycles. The van der Waals surface area contributed by atoms with Gasteiger partial charge >= 0.3 is 0 Å². The van der Waals surface area contributed by atoms with E-state index in [2.05, 4.69) is 70.3 Å². The van der Waals surface area contributed by atoms with Gasteiger partial charge < -0.3 is 9.80 Å². The molecule has 2 heterocycles. The van der Waals surface area contributed by atoms with Crippen LogP contribution in [0.15, 0.2) is 49.0 Å². The van der Waals surface area contributed by atoms with E-state index in [0.29, 0.717) is 0 Å². The van der Waals surface area contributed by atoms with Crippen molar-refractivity contribution in [1.82, 2.24) is 9.27 Å². The van der Waals surface area contributed by atoms with Gasteiger partial charge in [-0.05, 0) is 48.4 Å². The fraction of sp³-hybridized carbons (Fsp3) is 0.250. The molecule has 24 heavy (non-hydrogen) atoms. The first-order valence-corrected chi connectivity index (χ1v) is 9.08. The number of benzene rings is 2. The number of rotatable bonds is 3. The van der Waals surface area contributed by atoms with Crippen molar-refractivity contribution in [2.24, 2.45) is 0 Å². The maximum Gasteiger partial charge on any atom is 0.0919 e. The second kappa shape index (κ2) is 6.38. The van der Waals surface area contributed by atoms with Gasteiger partial charge in [-0.25, -0.2) is 0 Å². The highest BCUT2D eigenvalue weighted by Gasteiger charge is 2.15. The molecule has 1 aliphatic rings. The zero-order valence-electron chi connectivity index (χ0n) is 13.9. The summed E-state index contributed by atoms with van der Waals surface area (Å²) < 4.78 is 5.90. The Labute approximate surface area is 147 Å². The Balaban J connectivity index is 1.64. The van der Waals surface area contributed by atoms with Crippen LogP contribution >= 0.6 is 11.5 Å². The van der Waals surface area contributed by atoms with Crippen molar-refractivity contribution >= 4 is 33.4 Å². The normalized spacial score (nSPS) is 15.8. The van der Waals surface area contributed by atoms with Gasteiger partial charge in [0.15, 0.2) is 0 Å². The van der Waals surface area contributed by atoms with Gasteiger partial charge in [0.25, 0.3) is 0 Å². The van der Waals surface area contributed by atoms with Crippen LogP contribution in [0.5, 0.6) is 0 Å². The molecule has 3 nitrogen and oxygen atoms in total. The molecule has 4 rings (SSSR count). The van der Waals surface area contributed by atoms with E-state index >= 15 is 0 Å². The molecular formula is C20H21N3S. The Kier molecular flexibility index (Phi) is 4.08. The van der Waals surface area contributed by atoms with Crippen LogP contribution in [-0.4, -0.2) is 42.5 Å². The summed E-state index contributed by atoms with van der Waals surface area (Å²) in [4.78, 5) is 4.84. The second-order valence-electron chi connectivity index (χ2n) is 6.33. The van der Waals surface area contributed by atoms with Crippen molar-refractivity contribution in [2.75, 3.05) is 38.1 Å². The van der Waals surface area contributed by atoms with E-state index in [0.717, 1.165) is 37.4 Å². The topological polar surface area (TPSA) is 19.4 Å². The van der Waals surface area contributed by atoms with E-state index in [4.69, 9.17) is 0 Å². The van der Waals surface area contributed by atoms with Gasteiger partial charge in [-0.3, -0.25) is 0 Å². The Bertz CT molecular complexity index is 858. The number of nitrogens with zero attached hydrogens (tertiary/aromatic N) is 3. The molecule has 1 fully saturated rings. The first kappa shape index (κ1) is 15.4. The summed E-state index contributed by atoms with van der Waals surface area (Å²) >= 11 is 1.56. The van der Waals surface area contributed by atoms with Crippen LogP contribution < -0.4 is 4.90 Å². The molecule has 1 saturated heterocycles. The Morgan fingerprint density at radius 3 is 2.50 bits per heavy atom. The number of hydrogen-bond acceptors (Lipinski definition) is 4. The molecule has 2 aromatic carbocycles. The highest BCUT2D eigenvalue weighted by molar-refractivity contribution is 7.13.